The zero-order valence-corrected chi connectivity index (χ0v) is 11.7. The lowest BCUT2D eigenvalue weighted by molar-refractivity contribution is -0.138. The molecular weight excluding hydrogens is 270 g/mol. The Hall–Kier alpha value is -2.20. The van der Waals surface area contributed by atoms with Gasteiger partial charge in [0, 0.05) is 10.9 Å². The van der Waals surface area contributed by atoms with Crippen molar-refractivity contribution >= 4 is 27.6 Å². The van der Waals surface area contributed by atoms with Crippen LogP contribution in [0.3, 0.4) is 0 Å². The quantitative estimate of drug-likeness (QED) is 0.785. The van der Waals surface area contributed by atoms with Crippen molar-refractivity contribution in [2.45, 2.75) is 12.8 Å². The van der Waals surface area contributed by atoms with Gasteiger partial charge in [0.05, 0.1) is 16.3 Å². The third kappa shape index (κ3) is 2.18. The molecule has 1 heterocycles. The molecular formula is C16H13NO2S. The number of aromatic nitrogens is 1. The second-order valence-corrected chi connectivity index (χ2v) is 5.51. The maximum atomic E-state index is 11.0. The summed E-state index contributed by atoms with van der Waals surface area (Å²) >= 11 is 1.48. The summed E-state index contributed by atoms with van der Waals surface area (Å²) in [6.45, 7) is 1.69. The Balaban J connectivity index is 2.01. The lowest BCUT2D eigenvalue weighted by Gasteiger charge is -2.07. The van der Waals surface area contributed by atoms with Crippen molar-refractivity contribution in [2.75, 3.05) is 0 Å². The number of hydrogen-bond acceptors (Lipinski definition) is 3. The van der Waals surface area contributed by atoms with Gasteiger partial charge < -0.3 is 5.11 Å². The second kappa shape index (κ2) is 5.06. The van der Waals surface area contributed by atoms with Gasteiger partial charge >= 0.3 is 5.97 Å². The van der Waals surface area contributed by atoms with Gasteiger partial charge in [-0.25, -0.2) is 0 Å². The van der Waals surface area contributed by atoms with E-state index in [-0.39, 0.29) is 0 Å². The molecule has 2 aromatic carbocycles. The first-order valence-corrected chi connectivity index (χ1v) is 7.11. The van der Waals surface area contributed by atoms with Crippen molar-refractivity contribution in [2.24, 2.45) is 0 Å². The van der Waals surface area contributed by atoms with E-state index in [0.29, 0.717) is 0 Å². The maximum absolute atomic E-state index is 11.0. The molecule has 0 aliphatic heterocycles. The number of carbonyl (C=O) groups is 1. The van der Waals surface area contributed by atoms with Crippen LogP contribution >= 0.6 is 11.5 Å². The van der Waals surface area contributed by atoms with Crippen molar-refractivity contribution in [3.63, 3.8) is 0 Å². The molecule has 1 N–H and O–H groups in total. The largest absolute Gasteiger partial charge is 0.481 e. The minimum absolute atomic E-state index is 0.490. The average molecular weight is 283 g/mol. The fourth-order valence-corrected chi connectivity index (χ4v) is 2.96. The number of carboxylic acids is 1. The Morgan fingerprint density at radius 1 is 1.15 bits per heavy atom. The van der Waals surface area contributed by atoms with E-state index in [2.05, 4.69) is 16.5 Å². The summed E-state index contributed by atoms with van der Waals surface area (Å²) in [6.07, 6.45) is 0. The van der Waals surface area contributed by atoms with Crippen molar-refractivity contribution in [3.05, 3.63) is 54.1 Å². The Morgan fingerprint density at radius 3 is 2.55 bits per heavy atom. The summed E-state index contributed by atoms with van der Waals surface area (Å²) in [5.41, 5.74) is 2.78. The SMILES string of the molecule is CC(C(=O)O)c1ccc(-c2nsc3ccccc23)cc1. The van der Waals surface area contributed by atoms with Gasteiger partial charge in [-0.1, -0.05) is 42.5 Å². The summed E-state index contributed by atoms with van der Waals surface area (Å²) < 4.78 is 5.66. The zero-order valence-electron chi connectivity index (χ0n) is 10.9. The Labute approximate surface area is 120 Å². The standard InChI is InChI=1S/C16H13NO2S/c1-10(16(18)19)11-6-8-12(9-7-11)15-13-4-2-3-5-14(13)20-17-15/h2-10H,1H3,(H,18,19). The van der Waals surface area contributed by atoms with E-state index in [1.54, 1.807) is 6.92 Å². The molecule has 1 aromatic heterocycles. The van der Waals surface area contributed by atoms with E-state index in [0.717, 1.165) is 26.9 Å². The van der Waals surface area contributed by atoms with Crippen LogP contribution in [0.25, 0.3) is 21.3 Å². The van der Waals surface area contributed by atoms with E-state index >= 15 is 0 Å². The molecule has 0 saturated carbocycles. The highest BCUT2D eigenvalue weighted by molar-refractivity contribution is 7.13. The van der Waals surface area contributed by atoms with Gasteiger partial charge in [0.15, 0.2) is 0 Å². The fraction of sp³-hybridized carbons (Fsp3) is 0.125. The van der Waals surface area contributed by atoms with E-state index in [1.165, 1.54) is 11.5 Å². The number of fused-ring (bicyclic) bond motifs is 1. The number of rotatable bonds is 3. The Kier molecular flexibility index (Phi) is 3.24. The molecule has 1 atom stereocenters. The summed E-state index contributed by atoms with van der Waals surface area (Å²) in [5, 5.41) is 10.2. The molecule has 3 aromatic rings. The Bertz CT molecular complexity index is 762. The maximum Gasteiger partial charge on any atom is 0.310 e. The minimum atomic E-state index is -0.808. The van der Waals surface area contributed by atoms with Crippen LogP contribution in [0, 0.1) is 0 Å². The highest BCUT2D eigenvalue weighted by Crippen LogP contribution is 2.31. The first-order chi connectivity index (χ1) is 9.66. The third-order valence-electron chi connectivity index (χ3n) is 3.43. The molecule has 0 aliphatic rings. The molecule has 0 saturated heterocycles. The van der Waals surface area contributed by atoms with Crippen molar-refractivity contribution in [3.8, 4) is 11.3 Å². The van der Waals surface area contributed by atoms with Crippen LogP contribution in [0.2, 0.25) is 0 Å². The summed E-state index contributed by atoms with van der Waals surface area (Å²) in [6, 6.07) is 15.7. The number of aliphatic carboxylic acids is 1. The van der Waals surface area contributed by atoms with E-state index in [1.807, 2.05) is 36.4 Å². The molecule has 4 heteroatoms. The van der Waals surface area contributed by atoms with Crippen molar-refractivity contribution in [1.29, 1.82) is 0 Å². The number of carboxylic acid groups (broad SMARTS) is 1. The van der Waals surface area contributed by atoms with E-state index in [4.69, 9.17) is 5.11 Å². The first-order valence-electron chi connectivity index (χ1n) is 6.34. The molecule has 100 valence electrons. The van der Waals surface area contributed by atoms with Gasteiger partial charge in [-0.05, 0) is 30.1 Å². The number of benzene rings is 2. The van der Waals surface area contributed by atoms with Gasteiger partial charge in [-0.3, -0.25) is 4.79 Å². The van der Waals surface area contributed by atoms with Gasteiger partial charge in [-0.2, -0.15) is 4.37 Å². The molecule has 0 fully saturated rings. The Morgan fingerprint density at radius 2 is 1.85 bits per heavy atom. The first kappa shape index (κ1) is 12.8. The van der Waals surface area contributed by atoms with Gasteiger partial charge in [0.25, 0.3) is 0 Å². The summed E-state index contributed by atoms with van der Waals surface area (Å²) in [5.74, 6) is -1.30. The zero-order chi connectivity index (χ0) is 14.1. The average Bonchev–Trinajstić information content (AvgIpc) is 2.90. The molecule has 0 radical (unpaired) electrons. The lowest BCUT2D eigenvalue weighted by atomic mass is 9.98. The predicted octanol–water partition coefficient (Wildman–Crippen LogP) is 4.15. The summed E-state index contributed by atoms with van der Waals surface area (Å²) in [7, 11) is 0. The van der Waals surface area contributed by atoms with Gasteiger partial charge in [0.2, 0.25) is 0 Å². The highest BCUT2D eigenvalue weighted by Gasteiger charge is 2.14. The topological polar surface area (TPSA) is 50.2 Å². The van der Waals surface area contributed by atoms with Crippen LogP contribution in [0.4, 0.5) is 0 Å². The van der Waals surface area contributed by atoms with Crippen LogP contribution in [0.5, 0.6) is 0 Å². The molecule has 3 nitrogen and oxygen atoms in total. The van der Waals surface area contributed by atoms with Crippen molar-refractivity contribution < 1.29 is 9.90 Å². The molecule has 0 spiro atoms. The smallest absolute Gasteiger partial charge is 0.310 e. The number of hydrogen-bond donors (Lipinski definition) is 1. The fourth-order valence-electron chi connectivity index (χ4n) is 2.17. The normalized spacial score (nSPS) is 12.4. The molecule has 0 bridgehead atoms. The molecule has 0 aliphatic carbocycles. The second-order valence-electron chi connectivity index (χ2n) is 4.71. The van der Waals surface area contributed by atoms with Crippen LogP contribution in [-0.4, -0.2) is 15.4 Å². The van der Waals surface area contributed by atoms with Crippen LogP contribution in [-0.2, 0) is 4.79 Å². The molecule has 20 heavy (non-hydrogen) atoms. The van der Waals surface area contributed by atoms with E-state index in [9.17, 15) is 4.79 Å². The monoisotopic (exact) mass is 283 g/mol. The van der Waals surface area contributed by atoms with Crippen LogP contribution in [0.1, 0.15) is 18.4 Å². The third-order valence-corrected chi connectivity index (χ3v) is 4.26. The van der Waals surface area contributed by atoms with Gasteiger partial charge in [-0.15, -0.1) is 0 Å². The predicted molar refractivity (Wildman–Crippen MR) is 81.1 cm³/mol. The van der Waals surface area contributed by atoms with Crippen LogP contribution in [0.15, 0.2) is 48.5 Å². The number of nitrogens with zero attached hydrogens (tertiary/aromatic N) is 1. The van der Waals surface area contributed by atoms with E-state index < -0.39 is 11.9 Å². The molecule has 3 rings (SSSR count). The summed E-state index contributed by atoms with van der Waals surface area (Å²) in [4.78, 5) is 11.0. The van der Waals surface area contributed by atoms with Crippen LogP contribution < -0.4 is 0 Å². The molecule has 1 unspecified atom stereocenters. The molecule has 0 amide bonds. The van der Waals surface area contributed by atoms with Gasteiger partial charge in [0.1, 0.15) is 0 Å². The highest BCUT2D eigenvalue weighted by atomic mass is 32.1. The lowest BCUT2D eigenvalue weighted by Crippen LogP contribution is -2.06. The van der Waals surface area contributed by atoms with Crippen molar-refractivity contribution in [1.82, 2.24) is 4.37 Å². The minimum Gasteiger partial charge on any atom is -0.481 e.